The zero-order valence-corrected chi connectivity index (χ0v) is 53.7. The second-order valence-electron chi connectivity index (χ2n) is 24.1. The van der Waals surface area contributed by atoms with Gasteiger partial charge in [0.25, 0.3) is 0 Å². The fourth-order valence-electron chi connectivity index (χ4n) is 10.3. The topological polar surface area (TPSA) is 47.6 Å². The van der Waals surface area contributed by atoms with E-state index in [0.717, 1.165) is 47.2 Å². The first-order valence-corrected chi connectivity index (χ1v) is 37.0. The van der Waals surface area contributed by atoms with Gasteiger partial charge in [0.05, 0.1) is 47.4 Å². The minimum Gasteiger partial charge on any atom is -0.330 e. The summed E-state index contributed by atoms with van der Waals surface area (Å²) in [6, 6.07) is 0. The molecule has 5 nitrogen and oxygen atoms in total. The van der Waals surface area contributed by atoms with Crippen molar-refractivity contribution in [3.8, 4) is 0 Å². The van der Waals surface area contributed by atoms with E-state index in [9.17, 15) is 4.57 Å². The van der Waals surface area contributed by atoms with E-state index in [1.807, 2.05) is 0 Å². The highest BCUT2D eigenvalue weighted by Crippen LogP contribution is 2.44. The molecule has 2 atom stereocenters. The van der Waals surface area contributed by atoms with E-state index in [-0.39, 0.29) is 0 Å². The summed E-state index contributed by atoms with van der Waals surface area (Å²) in [5.41, 5.74) is 0. The molecule has 0 spiro atoms. The first kappa shape index (κ1) is 73.8. The van der Waals surface area contributed by atoms with Gasteiger partial charge in [0, 0.05) is 10.5 Å². The molecule has 0 aliphatic carbocycles. The van der Waals surface area contributed by atoms with Gasteiger partial charge in [-0.15, -0.1) is 0 Å². The molecular formula is C65H136N2O3PS2+. The van der Waals surface area contributed by atoms with Crippen molar-refractivity contribution in [3.63, 3.8) is 0 Å². The number of hydrogen-bond acceptors (Lipinski definition) is 5. The number of unbranched alkanes of at least 4 members (excludes halogenated alkanes) is 40. The minimum absolute atomic E-state index is 0.516. The Labute approximate surface area is 470 Å². The van der Waals surface area contributed by atoms with E-state index in [1.165, 1.54) is 307 Å². The third kappa shape index (κ3) is 58.7. The van der Waals surface area contributed by atoms with Crippen molar-refractivity contribution < 1.29 is 18.1 Å². The predicted molar refractivity (Wildman–Crippen MR) is 336 cm³/mol. The second-order valence-corrected chi connectivity index (χ2v) is 28.7. The van der Waals surface area contributed by atoms with Crippen LogP contribution in [0.1, 0.15) is 349 Å². The molecule has 73 heavy (non-hydrogen) atoms. The van der Waals surface area contributed by atoms with Crippen molar-refractivity contribution in [2.24, 2.45) is 0 Å². The van der Waals surface area contributed by atoms with Crippen LogP contribution in [0.2, 0.25) is 0 Å². The molecule has 0 aliphatic rings. The Kier molecular flexibility index (Phi) is 59.5. The molecule has 1 N–H and O–H groups in total. The Morgan fingerprint density at radius 1 is 0.342 bits per heavy atom. The average molecular weight is 1090 g/mol. The van der Waals surface area contributed by atoms with Crippen molar-refractivity contribution >= 4 is 31.3 Å². The van der Waals surface area contributed by atoms with Crippen LogP contribution in [-0.2, 0) is 13.6 Å². The molecule has 0 heterocycles. The van der Waals surface area contributed by atoms with Crippen LogP contribution in [0.3, 0.4) is 0 Å². The van der Waals surface area contributed by atoms with Crippen LogP contribution in [0, 0.1) is 0 Å². The SMILES string of the molecule is CCCCCCCCCCCCSC(CCCCCCCCC)CCCCCCCCOP(=O)(NCC[N+](C)(C)C)OCCCCCCCCC(CCCCCCCCC)SCCCCCCCCCCCC. The molecule has 440 valence electrons. The van der Waals surface area contributed by atoms with Gasteiger partial charge in [0.1, 0.15) is 0 Å². The van der Waals surface area contributed by atoms with Gasteiger partial charge in [-0.3, -0.25) is 9.05 Å². The van der Waals surface area contributed by atoms with E-state index < -0.39 is 7.75 Å². The summed E-state index contributed by atoms with van der Waals surface area (Å²) in [6.45, 7) is 11.8. The predicted octanol–water partition coefficient (Wildman–Crippen LogP) is 23.2. The van der Waals surface area contributed by atoms with Crippen LogP contribution >= 0.6 is 31.3 Å². The lowest BCUT2D eigenvalue weighted by atomic mass is 10.0. The van der Waals surface area contributed by atoms with Crippen LogP contribution < -0.4 is 5.09 Å². The van der Waals surface area contributed by atoms with Gasteiger partial charge in [0.15, 0.2) is 0 Å². The van der Waals surface area contributed by atoms with Crippen molar-refractivity contribution in [2.75, 3.05) is 59.0 Å². The molecule has 0 aliphatic heterocycles. The third-order valence-corrected chi connectivity index (χ3v) is 20.0. The normalized spacial score (nSPS) is 13.8. The number of quaternary nitrogens is 1. The number of nitrogens with zero attached hydrogens (tertiary/aromatic N) is 1. The number of likely N-dealkylation sites (N-methyl/N-ethyl adjacent to an activating group) is 1. The fourth-order valence-corrected chi connectivity index (χ4v) is 14.5. The summed E-state index contributed by atoms with van der Waals surface area (Å²) in [5, 5.41) is 4.96. The Morgan fingerprint density at radius 3 is 0.836 bits per heavy atom. The highest BCUT2D eigenvalue weighted by atomic mass is 32.2. The average Bonchev–Trinajstić information content (AvgIpc) is 3.37. The van der Waals surface area contributed by atoms with E-state index >= 15 is 0 Å². The summed E-state index contributed by atoms with van der Waals surface area (Å²) in [6.07, 6.45) is 68.9. The largest absolute Gasteiger partial charge is 0.405 e. The maximum Gasteiger partial charge on any atom is 0.405 e. The minimum atomic E-state index is -3.31. The molecule has 0 radical (unpaired) electrons. The van der Waals surface area contributed by atoms with Crippen molar-refractivity contribution in [1.82, 2.24) is 5.09 Å². The van der Waals surface area contributed by atoms with E-state index in [0.29, 0.717) is 19.8 Å². The van der Waals surface area contributed by atoms with Gasteiger partial charge >= 0.3 is 7.75 Å². The van der Waals surface area contributed by atoms with Gasteiger partial charge in [-0.1, -0.05) is 297 Å². The Morgan fingerprint density at radius 2 is 0.575 bits per heavy atom. The lowest BCUT2D eigenvalue weighted by Crippen LogP contribution is -2.40. The van der Waals surface area contributed by atoms with Gasteiger partial charge < -0.3 is 4.48 Å². The molecule has 0 aromatic rings. The first-order valence-electron chi connectivity index (χ1n) is 33.4. The number of hydrogen-bond donors (Lipinski definition) is 1. The van der Waals surface area contributed by atoms with E-state index in [4.69, 9.17) is 9.05 Å². The highest BCUT2D eigenvalue weighted by molar-refractivity contribution is 8.00. The fraction of sp³-hybridized carbons (Fsp3) is 1.00. The maximum absolute atomic E-state index is 13.9. The molecule has 8 heteroatoms. The van der Waals surface area contributed by atoms with Crippen LogP contribution in [-0.4, -0.2) is 73.9 Å². The molecule has 0 saturated carbocycles. The van der Waals surface area contributed by atoms with Crippen molar-refractivity contribution in [3.05, 3.63) is 0 Å². The summed E-state index contributed by atoms with van der Waals surface area (Å²) in [4.78, 5) is 0. The summed E-state index contributed by atoms with van der Waals surface area (Å²) >= 11 is 4.63. The Hall–Kier alpha value is 0.770. The standard InChI is InChI=1S/C65H136N2O3PS2/c1-8-12-16-20-24-26-28-36-44-52-62-72-64(54-46-38-30-22-18-14-10-3)56-48-40-32-34-42-50-60-69-71(68,66-58-59-67(5,6)7)70-61-51-43-35-33-41-49-57-65(55-47-39-31-23-19-15-11-4)73-63-53-45-37-29-27-25-21-17-13-9-2/h64-65H,8-63H2,1-7H3,(H,66,68)/q+1. The Bertz CT molecular complexity index is 1020. The number of thioether (sulfide) groups is 2. The van der Waals surface area contributed by atoms with Crippen LogP contribution in [0.5, 0.6) is 0 Å². The van der Waals surface area contributed by atoms with E-state index in [1.54, 1.807) is 0 Å². The second kappa shape index (κ2) is 58.9. The van der Waals surface area contributed by atoms with E-state index in [2.05, 4.69) is 77.4 Å². The molecular weight excluding hydrogens is 952 g/mol. The van der Waals surface area contributed by atoms with Gasteiger partial charge in [-0.25, -0.2) is 9.65 Å². The van der Waals surface area contributed by atoms with Crippen LogP contribution in [0.4, 0.5) is 0 Å². The molecule has 0 bridgehead atoms. The highest BCUT2D eigenvalue weighted by Gasteiger charge is 2.25. The summed E-state index contributed by atoms with van der Waals surface area (Å²) in [7, 11) is 3.22. The first-order chi connectivity index (χ1) is 35.7. The number of nitrogens with one attached hydrogen (secondary N) is 1. The van der Waals surface area contributed by atoms with Crippen LogP contribution in [0.15, 0.2) is 0 Å². The smallest absolute Gasteiger partial charge is 0.330 e. The van der Waals surface area contributed by atoms with Crippen molar-refractivity contribution in [1.29, 1.82) is 0 Å². The molecule has 0 aromatic heterocycles. The van der Waals surface area contributed by atoms with Gasteiger partial charge in [-0.2, -0.15) is 23.5 Å². The van der Waals surface area contributed by atoms with Crippen LogP contribution in [0.25, 0.3) is 0 Å². The molecule has 2 unspecified atom stereocenters. The van der Waals surface area contributed by atoms with Gasteiger partial charge in [0.2, 0.25) is 0 Å². The lowest BCUT2D eigenvalue weighted by Gasteiger charge is -2.25. The molecule has 0 fully saturated rings. The molecule has 0 saturated heterocycles. The zero-order chi connectivity index (χ0) is 53.3. The molecule has 0 rings (SSSR count). The summed E-state index contributed by atoms with van der Waals surface area (Å²) in [5.74, 6) is 2.74. The maximum atomic E-state index is 13.9. The lowest BCUT2D eigenvalue weighted by molar-refractivity contribution is -0.869. The monoisotopic (exact) mass is 1090 g/mol. The number of rotatable bonds is 64. The zero-order valence-electron chi connectivity index (χ0n) is 51.2. The summed E-state index contributed by atoms with van der Waals surface area (Å²) < 4.78 is 26.9. The third-order valence-electron chi connectivity index (χ3n) is 15.4. The quantitative estimate of drug-likeness (QED) is 0.0372. The Balaban J connectivity index is 4.55. The van der Waals surface area contributed by atoms with Crippen molar-refractivity contribution in [2.45, 2.75) is 359 Å². The van der Waals surface area contributed by atoms with Gasteiger partial charge in [-0.05, 0) is 62.9 Å². The molecule has 0 amide bonds. The molecule has 0 aromatic carbocycles.